The van der Waals surface area contributed by atoms with E-state index >= 15 is 0 Å². The second-order valence-electron chi connectivity index (χ2n) is 11.2. The first-order valence-electron chi connectivity index (χ1n) is 14.1. The molecule has 3 aliphatic heterocycles. The second kappa shape index (κ2) is 10.4. The molecule has 3 aliphatic rings. The highest BCUT2D eigenvalue weighted by atomic mass is 16.5. The summed E-state index contributed by atoms with van der Waals surface area (Å²) in [6, 6.07) is 15.8. The lowest BCUT2D eigenvalue weighted by Crippen LogP contribution is -2.32. The van der Waals surface area contributed by atoms with E-state index in [0.29, 0.717) is 46.9 Å². The van der Waals surface area contributed by atoms with Gasteiger partial charge in [-0.05, 0) is 42.7 Å². The maximum atomic E-state index is 12.8. The number of aromatic carboxylic acids is 1. The van der Waals surface area contributed by atoms with Gasteiger partial charge in [-0.25, -0.2) is 4.79 Å². The molecule has 0 saturated carbocycles. The number of methoxy groups -OCH3 is 1. The molecule has 2 unspecified atom stereocenters. The summed E-state index contributed by atoms with van der Waals surface area (Å²) in [5.41, 5.74) is 3.65. The summed E-state index contributed by atoms with van der Waals surface area (Å²) in [5, 5.41) is 9.72. The highest BCUT2D eigenvalue weighted by Gasteiger charge is 2.37. The molecule has 2 aromatic carbocycles. The van der Waals surface area contributed by atoms with E-state index in [2.05, 4.69) is 21.9 Å². The number of carbonyl (C=O) groups is 1. The van der Waals surface area contributed by atoms with Gasteiger partial charge >= 0.3 is 5.97 Å². The molecule has 2 aromatic heterocycles. The van der Waals surface area contributed by atoms with Gasteiger partial charge in [-0.15, -0.1) is 0 Å². The first kappa shape index (κ1) is 25.8. The average molecular weight is 557 g/mol. The Kier molecular flexibility index (Phi) is 6.51. The van der Waals surface area contributed by atoms with Crippen molar-refractivity contribution >= 4 is 28.8 Å². The number of ether oxygens (including phenoxy) is 2. The molecule has 1 N–H and O–H groups in total. The lowest BCUT2D eigenvalue weighted by molar-refractivity contribution is 0.0695. The number of carboxylic acid groups (broad SMARTS) is 1. The molecule has 0 aliphatic carbocycles. The Morgan fingerprint density at radius 2 is 1.83 bits per heavy atom. The smallest absolute Gasteiger partial charge is 0.341 e. The molecule has 0 radical (unpaired) electrons. The zero-order valence-corrected chi connectivity index (χ0v) is 22.9. The van der Waals surface area contributed by atoms with Gasteiger partial charge < -0.3 is 33.4 Å². The molecule has 4 aromatic rings. The predicted molar refractivity (Wildman–Crippen MR) is 154 cm³/mol. The lowest BCUT2D eigenvalue weighted by atomic mass is 10.0. The van der Waals surface area contributed by atoms with Crippen LogP contribution in [0.4, 0.5) is 11.7 Å². The number of anilines is 2. The number of fused-ring (bicyclic) bond motifs is 2. The van der Waals surface area contributed by atoms with E-state index in [1.165, 1.54) is 12.3 Å². The summed E-state index contributed by atoms with van der Waals surface area (Å²) in [5.74, 6) is -0.118. The minimum absolute atomic E-state index is 0.215. The van der Waals surface area contributed by atoms with Gasteiger partial charge in [0.15, 0.2) is 11.0 Å². The predicted octanol–water partition coefficient (Wildman–Crippen LogP) is 4.04. The molecule has 0 amide bonds. The van der Waals surface area contributed by atoms with Crippen molar-refractivity contribution in [1.82, 2.24) is 9.55 Å². The van der Waals surface area contributed by atoms with Crippen LogP contribution in [-0.4, -0.2) is 73.2 Å². The van der Waals surface area contributed by atoms with Crippen molar-refractivity contribution in [3.8, 4) is 16.9 Å². The number of carboxylic acids is 1. The summed E-state index contributed by atoms with van der Waals surface area (Å²) in [6.07, 6.45) is 3.45. The number of nitrogens with zero attached hydrogens (tertiary/aromatic N) is 4. The van der Waals surface area contributed by atoms with Crippen LogP contribution in [0.15, 0.2) is 63.9 Å². The van der Waals surface area contributed by atoms with Crippen molar-refractivity contribution in [3.63, 3.8) is 0 Å². The number of oxazole rings is 1. The third kappa shape index (κ3) is 4.66. The average Bonchev–Trinajstić information content (AvgIpc) is 3.76. The van der Waals surface area contributed by atoms with E-state index < -0.39 is 11.4 Å². The van der Waals surface area contributed by atoms with E-state index in [1.54, 1.807) is 11.7 Å². The number of rotatable bonds is 7. The Morgan fingerprint density at radius 1 is 1.07 bits per heavy atom. The van der Waals surface area contributed by atoms with Crippen LogP contribution in [0.2, 0.25) is 0 Å². The van der Waals surface area contributed by atoms with Gasteiger partial charge in [-0.3, -0.25) is 4.79 Å². The third-order valence-corrected chi connectivity index (χ3v) is 8.67. The van der Waals surface area contributed by atoms with E-state index in [9.17, 15) is 14.7 Å². The summed E-state index contributed by atoms with van der Waals surface area (Å²) in [6.45, 7) is 5.06. The van der Waals surface area contributed by atoms with Crippen LogP contribution in [0.5, 0.6) is 0 Å². The molecule has 41 heavy (non-hydrogen) atoms. The molecule has 3 saturated heterocycles. The van der Waals surface area contributed by atoms with E-state index in [0.717, 1.165) is 56.9 Å². The van der Waals surface area contributed by atoms with Crippen LogP contribution in [-0.2, 0) is 9.47 Å². The Bertz CT molecular complexity index is 1650. The topological polar surface area (TPSA) is 110 Å². The fraction of sp³-hybridized carbons (Fsp3) is 0.387. The fourth-order valence-corrected chi connectivity index (χ4v) is 6.50. The number of hydrogen-bond acceptors (Lipinski definition) is 8. The highest BCUT2D eigenvalue weighted by molar-refractivity contribution is 5.88. The molecule has 212 valence electrons. The molecule has 3 atom stereocenters. The molecule has 0 bridgehead atoms. The van der Waals surface area contributed by atoms with Crippen LogP contribution in [0.25, 0.3) is 28.0 Å². The Hall–Kier alpha value is -4.15. The van der Waals surface area contributed by atoms with Crippen molar-refractivity contribution in [3.05, 3.63) is 70.5 Å². The maximum Gasteiger partial charge on any atom is 0.341 e. The van der Waals surface area contributed by atoms with Crippen molar-refractivity contribution in [2.75, 3.05) is 56.4 Å². The second-order valence-corrected chi connectivity index (χ2v) is 11.2. The zero-order valence-electron chi connectivity index (χ0n) is 22.9. The summed E-state index contributed by atoms with van der Waals surface area (Å²) in [4.78, 5) is 33.9. The van der Waals surface area contributed by atoms with Gasteiger partial charge in [-0.2, -0.15) is 4.98 Å². The molecule has 7 rings (SSSR count). The number of aromatic nitrogens is 2. The Balaban J connectivity index is 1.25. The lowest BCUT2D eigenvalue weighted by Gasteiger charge is -2.21. The molecule has 5 heterocycles. The molecular formula is C31H32N4O6. The molecular weight excluding hydrogens is 524 g/mol. The van der Waals surface area contributed by atoms with Gasteiger partial charge in [-0.1, -0.05) is 12.1 Å². The first-order chi connectivity index (χ1) is 20.0. The SMILES string of the molecule is COC[C@H]1CCCN1c1nc2ccc(-n3cc(C(=O)O)c(=O)cc3-c3ccc(N4CC5COCC5C4)cc3)cc2o1. The van der Waals surface area contributed by atoms with Crippen molar-refractivity contribution in [1.29, 1.82) is 0 Å². The maximum absolute atomic E-state index is 12.8. The van der Waals surface area contributed by atoms with Crippen LogP contribution < -0.4 is 15.2 Å². The molecule has 3 fully saturated rings. The Labute approximate surface area is 236 Å². The molecule has 10 heteroatoms. The minimum Gasteiger partial charge on any atom is -0.477 e. The minimum atomic E-state index is -1.27. The molecule has 10 nitrogen and oxygen atoms in total. The van der Waals surface area contributed by atoms with Crippen molar-refractivity contribution < 1.29 is 23.8 Å². The van der Waals surface area contributed by atoms with Crippen molar-refractivity contribution in [2.24, 2.45) is 11.8 Å². The van der Waals surface area contributed by atoms with Gasteiger partial charge in [0.05, 0.1) is 31.6 Å². The fourth-order valence-electron chi connectivity index (χ4n) is 6.50. The van der Waals surface area contributed by atoms with E-state index in [-0.39, 0.29) is 11.6 Å². The first-order valence-corrected chi connectivity index (χ1v) is 14.1. The van der Waals surface area contributed by atoms with Gasteiger partial charge in [0.25, 0.3) is 6.01 Å². The third-order valence-electron chi connectivity index (χ3n) is 8.67. The van der Waals surface area contributed by atoms with Gasteiger partial charge in [0, 0.05) is 68.3 Å². The normalized spacial score (nSPS) is 22.1. The molecule has 0 spiro atoms. The van der Waals surface area contributed by atoms with E-state index in [1.807, 2.05) is 30.3 Å². The highest BCUT2D eigenvalue weighted by Crippen LogP contribution is 2.34. The monoisotopic (exact) mass is 556 g/mol. The van der Waals surface area contributed by atoms with Gasteiger partial charge in [0.1, 0.15) is 11.1 Å². The number of pyridine rings is 1. The summed E-state index contributed by atoms with van der Waals surface area (Å²) >= 11 is 0. The largest absolute Gasteiger partial charge is 0.477 e. The summed E-state index contributed by atoms with van der Waals surface area (Å²) in [7, 11) is 1.70. The van der Waals surface area contributed by atoms with Crippen molar-refractivity contribution in [2.45, 2.75) is 18.9 Å². The number of benzene rings is 2. The zero-order chi connectivity index (χ0) is 28.1. The van der Waals surface area contributed by atoms with E-state index in [4.69, 9.17) is 18.9 Å². The van der Waals surface area contributed by atoms with Crippen LogP contribution in [0.1, 0.15) is 23.2 Å². The van der Waals surface area contributed by atoms with Crippen LogP contribution in [0, 0.1) is 11.8 Å². The Morgan fingerprint density at radius 3 is 2.56 bits per heavy atom. The number of hydrogen-bond donors (Lipinski definition) is 1. The quantitative estimate of drug-likeness (QED) is 0.361. The van der Waals surface area contributed by atoms with Crippen LogP contribution >= 0.6 is 0 Å². The van der Waals surface area contributed by atoms with Gasteiger partial charge in [0.2, 0.25) is 0 Å². The van der Waals surface area contributed by atoms with Crippen LogP contribution in [0.3, 0.4) is 0 Å². The summed E-state index contributed by atoms with van der Waals surface area (Å²) < 4.78 is 18.9. The standard InChI is InChI=1S/C31H32N4O6/c1-39-18-24-3-2-10-34(24)31-32-26-9-8-23(11-29(26)41-31)35-15-25(30(37)38)28(36)12-27(35)19-4-6-22(7-5-19)33-13-20-16-40-17-21(20)14-33/h4-9,11-12,15,20-21,24H,2-3,10,13-14,16-18H2,1H3,(H,37,38)/t20?,21?,24-/m1/s1.